The van der Waals surface area contributed by atoms with Crippen molar-refractivity contribution in [3.05, 3.63) is 44.2 Å². The predicted octanol–water partition coefficient (Wildman–Crippen LogP) is -0.937. The lowest BCUT2D eigenvalue weighted by Gasteiger charge is -1.79. The molecule has 1 nitrogen and oxygen atoms in total. The third-order valence-electron chi connectivity index (χ3n) is 1.11. The molecular formula is C9H10IO+. The molecule has 1 rings (SSSR count). The lowest BCUT2D eigenvalue weighted by Crippen LogP contribution is -3.59. The minimum Gasteiger partial charge on any atom is -0.500 e. The van der Waals surface area contributed by atoms with Gasteiger partial charge in [0.2, 0.25) is 0 Å². The van der Waals surface area contributed by atoms with E-state index < -0.39 is 0 Å². The monoisotopic (exact) mass is 261 g/mol. The number of ether oxygens (including phenoxy) is 1. The largest absolute Gasteiger partial charge is 0.500 e. The molecule has 0 spiro atoms. The van der Waals surface area contributed by atoms with Crippen LogP contribution in [0.4, 0.5) is 0 Å². The van der Waals surface area contributed by atoms with Gasteiger partial charge in [-0.1, -0.05) is 18.2 Å². The van der Waals surface area contributed by atoms with Crippen molar-refractivity contribution >= 4 is 0 Å². The summed E-state index contributed by atoms with van der Waals surface area (Å²) in [5.74, 6) is 0. The summed E-state index contributed by atoms with van der Waals surface area (Å²) in [7, 11) is 1.67. The first-order chi connectivity index (χ1) is 5.43. The Morgan fingerprint density at radius 1 is 1.27 bits per heavy atom. The summed E-state index contributed by atoms with van der Waals surface area (Å²) >= 11 is 0.0148. The van der Waals surface area contributed by atoms with Crippen molar-refractivity contribution in [2.75, 3.05) is 7.11 Å². The SMILES string of the molecule is CO/C=C\[I+]c1ccccc1. The van der Waals surface area contributed by atoms with E-state index in [1.807, 2.05) is 6.07 Å². The van der Waals surface area contributed by atoms with Crippen molar-refractivity contribution in [2.45, 2.75) is 0 Å². The van der Waals surface area contributed by atoms with E-state index in [4.69, 9.17) is 4.74 Å². The highest BCUT2D eigenvalue weighted by Crippen LogP contribution is 1.81. The van der Waals surface area contributed by atoms with E-state index in [-0.39, 0.29) is 21.2 Å². The zero-order valence-electron chi connectivity index (χ0n) is 6.33. The number of benzene rings is 1. The number of halogens is 1. The fourth-order valence-electron chi connectivity index (χ4n) is 0.637. The fraction of sp³-hybridized carbons (Fsp3) is 0.111. The predicted molar refractivity (Wildman–Crippen MR) is 41.3 cm³/mol. The minimum atomic E-state index is 0.0148. The Balaban J connectivity index is 2.45. The Morgan fingerprint density at radius 3 is 2.64 bits per heavy atom. The zero-order valence-corrected chi connectivity index (χ0v) is 8.49. The molecule has 2 heteroatoms. The van der Waals surface area contributed by atoms with Gasteiger partial charge < -0.3 is 4.74 Å². The topological polar surface area (TPSA) is 9.23 Å². The molecule has 58 valence electrons. The van der Waals surface area contributed by atoms with Crippen LogP contribution < -0.4 is 21.2 Å². The van der Waals surface area contributed by atoms with Crippen molar-refractivity contribution < 1.29 is 25.9 Å². The maximum Gasteiger partial charge on any atom is 0.352 e. The van der Waals surface area contributed by atoms with Crippen LogP contribution in [-0.2, 0) is 4.74 Å². The maximum absolute atomic E-state index is 4.81. The van der Waals surface area contributed by atoms with Crippen LogP contribution in [0.3, 0.4) is 0 Å². The van der Waals surface area contributed by atoms with Gasteiger partial charge in [0.15, 0.2) is 7.65 Å². The summed E-state index contributed by atoms with van der Waals surface area (Å²) in [6.07, 6.45) is 1.75. The third-order valence-corrected chi connectivity index (χ3v) is 3.20. The quantitative estimate of drug-likeness (QED) is 0.504. The van der Waals surface area contributed by atoms with Crippen molar-refractivity contribution in [1.29, 1.82) is 0 Å². The highest BCUT2D eigenvalue weighted by atomic mass is 127. The summed E-state index contributed by atoms with van der Waals surface area (Å²) in [4.78, 5) is 0. The lowest BCUT2D eigenvalue weighted by molar-refractivity contribution is -0.557. The van der Waals surface area contributed by atoms with Crippen LogP contribution in [0.1, 0.15) is 0 Å². The van der Waals surface area contributed by atoms with E-state index in [9.17, 15) is 0 Å². The molecule has 0 saturated carbocycles. The Labute approximate surface area is 77.3 Å². The van der Waals surface area contributed by atoms with Crippen LogP contribution in [-0.4, -0.2) is 7.11 Å². The van der Waals surface area contributed by atoms with Gasteiger partial charge in [-0.15, -0.1) is 0 Å². The van der Waals surface area contributed by atoms with Gasteiger partial charge in [0.05, 0.1) is 7.11 Å². The second kappa shape index (κ2) is 5.18. The molecule has 0 bridgehead atoms. The first-order valence-electron chi connectivity index (χ1n) is 3.30. The average molecular weight is 261 g/mol. The van der Waals surface area contributed by atoms with Crippen molar-refractivity contribution in [3.63, 3.8) is 0 Å². The van der Waals surface area contributed by atoms with Gasteiger partial charge >= 0.3 is 21.2 Å². The summed E-state index contributed by atoms with van der Waals surface area (Å²) in [5, 5.41) is 0. The Bertz CT molecular complexity index is 218. The lowest BCUT2D eigenvalue weighted by atomic mass is 10.4. The zero-order chi connectivity index (χ0) is 7.94. The summed E-state index contributed by atoms with van der Waals surface area (Å²) in [6.45, 7) is 0. The smallest absolute Gasteiger partial charge is 0.352 e. The third kappa shape index (κ3) is 3.41. The molecule has 0 aliphatic rings. The molecule has 0 amide bonds. The van der Waals surface area contributed by atoms with E-state index >= 15 is 0 Å². The molecule has 0 unspecified atom stereocenters. The van der Waals surface area contributed by atoms with Crippen molar-refractivity contribution in [2.24, 2.45) is 0 Å². The van der Waals surface area contributed by atoms with Crippen LogP contribution in [0.2, 0.25) is 0 Å². The normalized spacial score (nSPS) is 10.3. The molecular weight excluding hydrogens is 251 g/mol. The molecule has 0 fully saturated rings. The van der Waals surface area contributed by atoms with Gasteiger partial charge in [-0.3, -0.25) is 0 Å². The molecule has 0 aromatic heterocycles. The maximum atomic E-state index is 4.81. The van der Waals surface area contributed by atoms with Crippen LogP contribution >= 0.6 is 0 Å². The summed E-state index contributed by atoms with van der Waals surface area (Å²) in [5.41, 5.74) is 0. The minimum absolute atomic E-state index is 0.0148. The van der Waals surface area contributed by atoms with E-state index in [0.29, 0.717) is 0 Å². The van der Waals surface area contributed by atoms with E-state index in [1.165, 1.54) is 3.57 Å². The van der Waals surface area contributed by atoms with Crippen LogP contribution in [0.25, 0.3) is 0 Å². The molecule has 1 aromatic carbocycles. The standard InChI is InChI=1S/C9H10IO/c1-11-8-7-10-9-5-3-2-4-6-9/h2-8H,1H3/q+1/b8-7-. The Hall–Kier alpha value is -0.510. The molecule has 0 N–H and O–H groups in total. The van der Waals surface area contributed by atoms with Crippen LogP contribution in [0.5, 0.6) is 0 Å². The molecule has 0 aliphatic carbocycles. The number of hydrogen-bond donors (Lipinski definition) is 0. The molecule has 0 atom stereocenters. The van der Waals surface area contributed by atoms with E-state index in [1.54, 1.807) is 13.4 Å². The second-order valence-electron chi connectivity index (χ2n) is 1.90. The van der Waals surface area contributed by atoms with Crippen LogP contribution in [0, 0.1) is 3.57 Å². The van der Waals surface area contributed by atoms with Crippen molar-refractivity contribution in [1.82, 2.24) is 0 Å². The summed E-state index contributed by atoms with van der Waals surface area (Å²) < 4.78 is 8.33. The number of hydrogen-bond acceptors (Lipinski definition) is 1. The van der Waals surface area contributed by atoms with Gasteiger partial charge in [-0.25, -0.2) is 0 Å². The molecule has 0 saturated heterocycles. The van der Waals surface area contributed by atoms with Gasteiger partial charge in [-0.2, -0.15) is 0 Å². The molecule has 11 heavy (non-hydrogen) atoms. The second-order valence-corrected chi connectivity index (χ2v) is 4.49. The van der Waals surface area contributed by atoms with E-state index in [2.05, 4.69) is 28.3 Å². The summed E-state index contributed by atoms with van der Waals surface area (Å²) in [6, 6.07) is 10.5. The van der Waals surface area contributed by atoms with Gasteiger partial charge in [0.25, 0.3) is 0 Å². The molecule has 0 aliphatic heterocycles. The van der Waals surface area contributed by atoms with Gasteiger partial charge in [-0.05, 0) is 12.1 Å². The highest BCUT2D eigenvalue weighted by Gasteiger charge is 2.04. The highest BCUT2D eigenvalue weighted by molar-refractivity contribution is 4.99. The number of rotatable bonds is 3. The molecule has 0 radical (unpaired) electrons. The van der Waals surface area contributed by atoms with Crippen LogP contribution in [0.15, 0.2) is 40.7 Å². The van der Waals surface area contributed by atoms with Gasteiger partial charge in [0.1, 0.15) is 6.26 Å². The average Bonchev–Trinajstić information content (AvgIpc) is 2.07. The Kier molecular flexibility index (Phi) is 4.04. The first-order valence-corrected chi connectivity index (χ1v) is 5.62. The fourth-order valence-corrected chi connectivity index (χ4v) is 2.32. The Morgan fingerprint density at radius 2 is 2.00 bits per heavy atom. The van der Waals surface area contributed by atoms with Crippen molar-refractivity contribution in [3.8, 4) is 0 Å². The number of methoxy groups -OCH3 is 1. The first kappa shape index (κ1) is 8.59. The van der Waals surface area contributed by atoms with Gasteiger partial charge in [0, 0.05) is 0 Å². The van der Waals surface area contributed by atoms with E-state index in [0.717, 1.165) is 0 Å². The molecule has 0 heterocycles. The molecule has 1 aromatic rings.